The molecule has 3 heterocycles. The molecule has 7 aromatic rings. The highest BCUT2D eigenvalue weighted by atomic mass is 16.2. The molecule has 0 aliphatic carbocycles. The van der Waals surface area contributed by atoms with Crippen molar-refractivity contribution in [2.45, 2.75) is 40.5 Å². The van der Waals surface area contributed by atoms with Crippen molar-refractivity contribution in [1.29, 1.82) is 0 Å². The van der Waals surface area contributed by atoms with E-state index in [0.29, 0.717) is 67.8 Å². The number of unbranched alkanes of at least 4 members (excludes halogenated alkanes) is 1. The third-order valence-electron chi connectivity index (χ3n) is 11.1. The molecule has 0 saturated heterocycles. The highest BCUT2D eigenvalue weighted by molar-refractivity contribution is 6.36. The standard InChI is InChI=1S/C20H16N2O2.C17H17NO2.C12H8N2O2/c1-11-8-12(2)10-13(9-11)22-19(23)15-5-3-4-14-17(21)7-6-16(18(14)15)20(22)24;1-3-4-10-18-16(19)13-7-5-6-12-11(2)8-9-14(15(12)13)17(18)20;13-9-5-4-8-10-6(9)2-1-3-7(10)11(15)14-12(8)16/h3-10H,21H2,1-2H3;5-9H,3-4,10H2,1-2H3;1-5H,13H2,(H,14,15,16). The van der Waals surface area contributed by atoms with Crippen molar-refractivity contribution < 1.29 is 28.8 Å². The van der Waals surface area contributed by atoms with E-state index in [9.17, 15) is 28.8 Å². The van der Waals surface area contributed by atoms with Crippen LogP contribution in [0, 0.1) is 20.8 Å². The number of carbonyl (C=O) groups is 6. The summed E-state index contributed by atoms with van der Waals surface area (Å²) in [6, 6.07) is 32.6. The van der Waals surface area contributed by atoms with Crippen LogP contribution in [0.3, 0.4) is 0 Å². The molecule has 7 aromatic carbocycles. The second kappa shape index (κ2) is 15.3. The summed E-state index contributed by atoms with van der Waals surface area (Å²) in [5.41, 5.74) is 20.0. The van der Waals surface area contributed by atoms with E-state index in [4.69, 9.17) is 11.5 Å². The van der Waals surface area contributed by atoms with Gasteiger partial charge in [0.1, 0.15) is 0 Å². The molecule has 5 N–H and O–H groups in total. The number of hydrogen-bond donors (Lipinski definition) is 3. The second-order valence-corrected chi connectivity index (χ2v) is 15.2. The molecule has 0 bridgehead atoms. The zero-order valence-electron chi connectivity index (χ0n) is 33.5. The van der Waals surface area contributed by atoms with Gasteiger partial charge >= 0.3 is 0 Å². The van der Waals surface area contributed by atoms with Crippen molar-refractivity contribution in [1.82, 2.24) is 10.2 Å². The summed E-state index contributed by atoms with van der Waals surface area (Å²) in [5, 5.41) is 6.89. The molecule has 10 rings (SSSR count). The van der Waals surface area contributed by atoms with Crippen molar-refractivity contribution in [2.24, 2.45) is 0 Å². The predicted octanol–water partition coefficient (Wildman–Crippen LogP) is 8.69. The van der Waals surface area contributed by atoms with Crippen LogP contribution in [-0.2, 0) is 0 Å². The number of nitrogen functional groups attached to an aromatic ring is 2. The van der Waals surface area contributed by atoms with Crippen LogP contribution in [0.4, 0.5) is 17.1 Å². The van der Waals surface area contributed by atoms with Gasteiger partial charge in [-0.2, -0.15) is 0 Å². The third-order valence-corrected chi connectivity index (χ3v) is 11.1. The number of nitrogens with two attached hydrogens (primary N) is 2. The molecular formula is C49H41N5O6. The smallest absolute Gasteiger partial charge is 0.265 e. The minimum Gasteiger partial charge on any atom is -0.398 e. The molecule has 11 nitrogen and oxygen atoms in total. The number of rotatable bonds is 4. The Morgan fingerprint density at radius 3 is 1.52 bits per heavy atom. The molecule has 11 heteroatoms. The predicted molar refractivity (Wildman–Crippen MR) is 235 cm³/mol. The molecule has 3 aliphatic heterocycles. The van der Waals surface area contributed by atoms with Gasteiger partial charge in [0.25, 0.3) is 35.4 Å². The molecule has 3 aliphatic rings. The van der Waals surface area contributed by atoms with E-state index in [1.54, 1.807) is 48.5 Å². The summed E-state index contributed by atoms with van der Waals surface area (Å²) in [6.07, 6.45) is 1.80. The topological polar surface area (TPSA) is 173 Å². The largest absolute Gasteiger partial charge is 0.398 e. The van der Waals surface area contributed by atoms with Crippen LogP contribution in [0.25, 0.3) is 32.3 Å². The van der Waals surface area contributed by atoms with Crippen LogP contribution in [-0.4, -0.2) is 46.9 Å². The fraction of sp³-hybridized carbons (Fsp3) is 0.143. The molecule has 0 atom stereocenters. The van der Waals surface area contributed by atoms with Crippen LogP contribution in [0.2, 0.25) is 0 Å². The zero-order chi connectivity index (χ0) is 42.6. The Morgan fingerprint density at radius 1 is 0.500 bits per heavy atom. The minimum absolute atomic E-state index is 0.160. The van der Waals surface area contributed by atoms with Gasteiger partial charge < -0.3 is 11.5 Å². The van der Waals surface area contributed by atoms with Gasteiger partial charge in [-0.15, -0.1) is 0 Å². The molecule has 298 valence electrons. The maximum absolute atomic E-state index is 13.0. The Morgan fingerprint density at radius 2 is 0.933 bits per heavy atom. The summed E-state index contributed by atoms with van der Waals surface area (Å²) in [6.45, 7) is 8.45. The van der Waals surface area contributed by atoms with E-state index in [2.05, 4.69) is 12.2 Å². The highest BCUT2D eigenvalue weighted by Gasteiger charge is 2.35. The molecule has 0 fully saturated rings. The average Bonchev–Trinajstić information content (AvgIpc) is 3.23. The number of carbonyl (C=O) groups excluding carboxylic acids is 6. The van der Waals surface area contributed by atoms with Crippen LogP contribution < -0.4 is 21.7 Å². The minimum atomic E-state index is -0.367. The number of benzene rings is 7. The van der Waals surface area contributed by atoms with E-state index in [-0.39, 0.29) is 35.4 Å². The van der Waals surface area contributed by atoms with E-state index < -0.39 is 0 Å². The normalized spacial score (nSPS) is 13.9. The summed E-state index contributed by atoms with van der Waals surface area (Å²) in [5.74, 6) is -1.68. The lowest BCUT2D eigenvalue weighted by molar-refractivity contribution is 0.0606. The fourth-order valence-corrected chi connectivity index (χ4v) is 8.29. The lowest BCUT2D eigenvalue weighted by Gasteiger charge is -2.28. The Hall–Kier alpha value is -7.66. The summed E-state index contributed by atoms with van der Waals surface area (Å²) in [7, 11) is 0. The molecule has 0 saturated carbocycles. The molecule has 6 amide bonds. The number of amides is 6. The first-order chi connectivity index (χ1) is 28.8. The molecule has 0 radical (unpaired) electrons. The monoisotopic (exact) mass is 795 g/mol. The first-order valence-corrected chi connectivity index (χ1v) is 19.6. The van der Waals surface area contributed by atoms with Crippen LogP contribution in [0.15, 0.2) is 109 Å². The first-order valence-electron chi connectivity index (χ1n) is 19.6. The van der Waals surface area contributed by atoms with E-state index in [1.165, 1.54) is 9.80 Å². The molecule has 0 aromatic heterocycles. The van der Waals surface area contributed by atoms with E-state index >= 15 is 0 Å². The number of aryl methyl sites for hydroxylation is 3. The molecule has 0 unspecified atom stereocenters. The summed E-state index contributed by atoms with van der Waals surface area (Å²) >= 11 is 0. The van der Waals surface area contributed by atoms with Crippen LogP contribution in [0.5, 0.6) is 0 Å². The lowest BCUT2D eigenvalue weighted by Crippen LogP contribution is -2.40. The van der Waals surface area contributed by atoms with E-state index in [1.807, 2.05) is 81.4 Å². The van der Waals surface area contributed by atoms with Crippen molar-refractivity contribution >= 4 is 84.8 Å². The Balaban J connectivity index is 0.000000127. The maximum atomic E-state index is 13.0. The number of nitrogens with one attached hydrogen (secondary N) is 1. The zero-order valence-corrected chi connectivity index (χ0v) is 33.5. The Kier molecular flexibility index (Phi) is 9.96. The van der Waals surface area contributed by atoms with Crippen molar-refractivity contribution in [3.05, 3.63) is 159 Å². The lowest BCUT2D eigenvalue weighted by atomic mass is 9.91. The highest BCUT2D eigenvalue weighted by Crippen LogP contribution is 2.36. The molecule has 0 spiro atoms. The van der Waals surface area contributed by atoms with Crippen LogP contribution >= 0.6 is 0 Å². The van der Waals surface area contributed by atoms with Crippen molar-refractivity contribution in [3.8, 4) is 0 Å². The Bertz CT molecular complexity index is 2960. The number of anilines is 3. The average molecular weight is 796 g/mol. The maximum Gasteiger partial charge on any atom is 0.265 e. The summed E-state index contributed by atoms with van der Waals surface area (Å²) < 4.78 is 0. The van der Waals surface area contributed by atoms with E-state index in [0.717, 1.165) is 51.1 Å². The van der Waals surface area contributed by atoms with Crippen LogP contribution in [0.1, 0.15) is 98.6 Å². The van der Waals surface area contributed by atoms with Gasteiger partial charge in [-0.05, 0) is 110 Å². The summed E-state index contributed by atoms with van der Waals surface area (Å²) in [4.78, 5) is 77.0. The van der Waals surface area contributed by atoms with Gasteiger partial charge in [0.2, 0.25) is 0 Å². The van der Waals surface area contributed by atoms with Gasteiger partial charge in [-0.3, -0.25) is 39.0 Å². The third kappa shape index (κ3) is 6.50. The number of nitrogens with zero attached hydrogens (tertiary/aromatic N) is 2. The molecular weight excluding hydrogens is 755 g/mol. The number of imide groups is 3. The van der Waals surface area contributed by atoms with Gasteiger partial charge in [-0.1, -0.05) is 61.9 Å². The van der Waals surface area contributed by atoms with Crippen molar-refractivity contribution in [3.63, 3.8) is 0 Å². The van der Waals surface area contributed by atoms with Gasteiger partial charge in [0.05, 0.1) is 5.69 Å². The van der Waals surface area contributed by atoms with Gasteiger partial charge in [-0.25, -0.2) is 4.90 Å². The number of hydrogen-bond acceptors (Lipinski definition) is 8. The second-order valence-electron chi connectivity index (χ2n) is 15.2. The van der Waals surface area contributed by atoms with Crippen molar-refractivity contribution in [2.75, 3.05) is 22.9 Å². The van der Waals surface area contributed by atoms with Gasteiger partial charge in [0.15, 0.2) is 0 Å². The fourth-order valence-electron chi connectivity index (χ4n) is 8.29. The van der Waals surface area contributed by atoms with Gasteiger partial charge in [0, 0.05) is 78.2 Å². The quantitative estimate of drug-likeness (QED) is 0.117. The molecule has 60 heavy (non-hydrogen) atoms. The Labute approximate surface area is 345 Å². The first kappa shape index (κ1) is 39.2. The SMILES string of the molecule is CCCCN1C(=O)c2cccc3c(C)ccc(c23)C1=O.Cc1cc(C)cc(N2C(=O)c3cccc4c(N)ccc(c34)C2=O)c1.Nc1ccc2c3c(cccc13)C(=O)NC2=O.